The molecule has 0 spiro atoms. The standard InChI is InChI=1S/C33H39N5O6/c1-6-23(39)29-27(42)28(43)32(44-29)38-17-37-25-30(35-16-36-31(25)38)34-15-20-9-7-19(8-10-20)11-12-24(40)21-13-18(2)26(41)22(14-21)33(3,4)5/h7-10,13-14,16-17,27-29,32,41-43H,6,11-12,15H2,1-5H3,(H,34,35,36)/t27?,28-,29+,32+/m0/s1. The van der Waals surface area contributed by atoms with Crippen LogP contribution in [0.2, 0.25) is 0 Å². The largest absolute Gasteiger partial charge is 0.507 e. The van der Waals surface area contributed by atoms with Crippen LogP contribution in [0.5, 0.6) is 5.75 Å². The van der Waals surface area contributed by atoms with Crippen molar-refractivity contribution in [2.24, 2.45) is 0 Å². The van der Waals surface area contributed by atoms with Gasteiger partial charge in [0.25, 0.3) is 0 Å². The molecule has 0 bridgehead atoms. The number of fused-ring (bicyclic) bond motifs is 1. The maximum Gasteiger partial charge on any atom is 0.167 e. The van der Waals surface area contributed by atoms with E-state index in [2.05, 4.69) is 20.3 Å². The van der Waals surface area contributed by atoms with Crippen LogP contribution < -0.4 is 5.32 Å². The van der Waals surface area contributed by atoms with Crippen molar-refractivity contribution in [3.8, 4) is 5.75 Å². The summed E-state index contributed by atoms with van der Waals surface area (Å²) < 4.78 is 7.22. The first-order chi connectivity index (χ1) is 20.9. The lowest BCUT2D eigenvalue weighted by Crippen LogP contribution is -2.35. The van der Waals surface area contributed by atoms with E-state index < -0.39 is 24.5 Å². The molecule has 2 aromatic carbocycles. The zero-order chi connectivity index (χ0) is 31.8. The van der Waals surface area contributed by atoms with E-state index in [9.17, 15) is 24.9 Å². The number of ketones is 2. The molecule has 2 aromatic heterocycles. The van der Waals surface area contributed by atoms with Crippen LogP contribution >= 0.6 is 0 Å². The number of benzene rings is 2. The zero-order valence-electron chi connectivity index (χ0n) is 25.6. The Kier molecular flexibility index (Phi) is 8.83. The van der Waals surface area contributed by atoms with Crippen LogP contribution in [-0.4, -0.2) is 64.7 Å². The first-order valence-electron chi connectivity index (χ1n) is 14.8. The van der Waals surface area contributed by atoms with Gasteiger partial charge in [0, 0.05) is 30.5 Å². The monoisotopic (exact) mass is 601 g/mol. The number of hydrogen-bond donors (Lipinski definition) is 4. The van der Waals surface area contributed by atoms with Crippen molar-refractivity contribution in [1.29, 1.82) is 0 Å². The smallest absolute Gasteiger partial charge is 0.167 e. The van der Waals surface area contributed by atoms with Crippen molar-refractivity contribution in [3.63, 3.8) is 0 Å². The van der Waals surface area contributed by atoms with Gasteiger partial charge in [-0.05, 0) is 47.6 Å². The molecule has 232 valence electrons. The van der Waals surface area contributed by atoms with Gasteiger partial charge in [0.05, 0.1) is 6.33 Å². The highest BCUT2D eigenvalue weighted by atomic mass is 16.6. The summed E-state index contributed by atoms with van der Waals surface area (Å²) in [4.78, 5) is 38.2. The number of phenols is 1. The number of carbonyl (C=O) groups excluding carboxylic acids is 2. The molecule has 11 nitrogen and oxygen atoms in total. The number of imidazole rings is 1. The fourth-order valence-electron chi connectivity index (χ4n) is 5.45. The molecule has 0 saturated carbocycles. The summed E-state index contributed by atoms with van der Waals surface area (Å²) in [6, 6.07) is 11.5. The third-order valence-electron chi connectivity index (χ3n) is 8.09. The number of hydrogen-bond acceptors (Lipinski definition) is 10. The lowest BCUT2D eigenvalue weighted by molar-refractivity contribution is -0.135. The molecule has 4 N–H and O–H groups in total. The van der Waals surface area contributed by atoms with Crippen LogP contribution in [0.1, 0.15) is 79.4 Å². The molecular formula is C33H39N5O6. The molecule has 1 unspecified atom stereocenters. The van der Waals surface area contributed by atoms with Crippen molar-refractivity contribution >= 4 is 28.5 Å². The molecule has 4 aromatic rings. The number of aromatic hydroxyl groups is 1. The van der Waals surface area contributed by atoms with Crippen LogP contribution in [0.3, 0.4) is 0 Å². The van der Waals surface area contributed by atoms with E-state index in [-0.39, 0.29) is 29.2 Å². The van der Waals surface area contributed by atoms with Crippen molar-refractivity contribution < 1.29 is 29.6 Å². The first kappa shape index (κ1) is 31.2. The second-order valence-corrected chi connectivity index (χ2v) is 12.3. The Labute approximate surface area is 256 Å². The third kappa shape index (κ3) is 6.21. The number of nitrogens with zero attached hydrogens (tertiary/aromatic N) is 4. The summed E-state index contributed by atoms with van der Waals surface area (Å²) in [6.07, 6.45) is -0.847. The van der Waals surface area contributed by atoms with Gasteiger partial charge in [-0.2, -0.15) is 0 Å². The van der Waals surface area contributed by atoms with Gasteiger partial charge in [0.2, 0.25) is 0 Å². The minimum atomic E-state index is -1.34. The summed E-state index contributed by atoms with van der Waals surface area (Å²) in [6.45, 7) is 9.99. The minimum absolute atomic E-state index is 0.0362. The fraction of sp³-hybridized carbons (Fsp3) is 0.424. The average molecular weight is 602 g/mol. The van der Waals surface area contributed by atoms with Crippen molar-refractivity contribution in [2.45, 2.75) is 90.4 Å². The van der Waals surface area contributed by atoms with Crippen molar-refractivity contribution in [1.82, 2.24) is 19.5 Å². The lowest BCUT2D eigenvalue weighted by Gasteiger charge is -2.22. The van der Waals surface area contributed by atoms with E-state index in [1.807, 2.05) is 58.0 Å². The molecule has 0 radical (unpaired) electrons. The molecular weight excluding hydrogens is 562 g/mol. The van der Waals surface area contributed by atoms with Crippen molar-refractivity contribution in [3.05, 3.63) is 76.9 Å². The van der Waals surface area contributed by atoms with E-state index in [4.69, 9.17) is 4.74 Å². The summed E-state index contributed by atoms with van der Waals surface area (Å²) >= 11 is 0. The number of phenolic OH excluding ortho intramolecular Hbond substituents is 1. The van der Waals surface area contributed by atoms with Gasteiger partial charge < -0.3 is 25.4 Å². The van der Waals surface area contributed by atoms with Gasteiger partial charge in [0.15, 0.2) is 34.8 Å². The molecule has 11 heteroatoms. The van der Waals surface area contributed by atoms with E-state index in [0.717, 1.165) is 16.7 Å². The summed E-state index contributed by atoms with van der Waals surface area (Å²) in [7, 11) is 0. The van der Waals surface area contributed by atoms with Crippen LogP contribution in [0, 0.1) is 6.92 Å². The molecule has 0 aliphatic carbocycles. The number of rotatable bonds is 10. The molecule has 1 aliphatic heterocycles. The van der Waals surface area contributed by atoms with Crippen LogP contribution in [0.15, 0.2) is 49.1 Å². The Hall–Kier alpha value is -4.19. The van der Waals surface area contributed by atoms with Crippen LogP contribution in [0.25, 0.3) is 11.2 Å². The van der Waals surface area contributed by atoms with Gasteiger partial charge >= 0.3 is 0 Å². The topological polar surface area (TPSA) is 160 Å². The normalized spacial score (nSPS) is 20.2. The van der Waals surface area contributed by atoms with Crippen LogP contribution in [0.4, 0.5) is 5.82 Å². The number of ether oxygens (including phenoxy) is 1. The number of aryl methyl sites for hydroxylation is 2. The van der Waals surface area contributed by atoms with Crippen LogP contribution in [-0.2, 0) is 27.9 Å². The molecule has 1 saturated heterocycles. The van der Waals surface area contributed by atoms with Crippen molar-refractivity contribution in [2.75, 3.05) is 5.32 Å². The Morgan fingerprint density at radius 1 is 1.02 bits per heavy atom. The number of Topliss-reactive ketones (excluding diaryl/α,β-unsaturated/α-hetero) is 2. The molecule has 5 rings (SSSR count). The number of aliphatic hydroxyl groups is 2. The molecule has 0 amide bonds. The molecule has 3 heterocycles. The van der Waals surface area contributed by atoms with E-state index in [0.29, 0.717) is 47.5 Å². The fourth-order valence-corrected chi connectivity index (χ4v) is 5.45. The predicted molar refractivity (Wildman–Crippen MR) is 165 cm³/mol. The summed E-state index contributed by atoms with van der Waals surface area (Å²) in [5.41, 5.74) is 4.69. The number of aliphatic hydroxyl groups excluding tert-OH is 2. The second-order valence-electron chi connectivity index (χ2n) is 12.3. The molecule has 1 aliphatic rings. The number of carbonyl (C=O) groups is 2. The highest BCUT2D eigenvalue weighted by molar-refractivity contribution is 5.97. The van der Waals surface area contributed by atoms with E-state index >= 15 is 0 Å². The maximum absolute atomic E-state index is 13.0. The Morgan fingerprint density at radius 2 is 1.73 bits per heavy atom. The molecule has 44 heavy (non-hydrogen) atoms. The highest BCUT2D eigenvalue weighted by Crippen LogP contribution is 2.35. The Morgan fingerprint density at radius 3 is 2.41 bits per heavy atom. The Balaban J connectivity index is 1.22. The van der Waals surface area contributed by atoms with E-state index in [1.165, 1.54) is 17.2 Å². The quantitative estimate of drug-likeness (QED) is 0.194. The second kappa shape index (κ2) is 12.4. The first-order valence-corrected chi connectivity index (χ1v) is 14.8. The summed E-state index contributed by atoms with van der Waals surface area (Å²) in [5, 5.41) is 34.7. The molecule has 1 fully saturated rings. The summed E-state index contributed by atoms with van der Waals surface area (Å²) in [5.74, 6) is 0.472. The van der Waals surface area contributed by atoms with E-state index in [1.54, 1.807) is 13.0 Å². The average Bonchev–Trinajstić information content (AvgIpc) is 3.56. The zero-order valence-corrected chi connectivity index (χ0v) is 25.6. The molecule has 4 atom stereocenters. The lowest BCUT2D eigenvalue weighted by atomic mass is 9.83. The SMILES string of the molecule is CCC(=O)[C@H]1O[C@@H](n2cnc3c(NCc4ccc(CCC(=O)c5cc(C)c(O)c(C(C)(C)C)c5)cc4)ncnc32)[C@@H](O)C1O. The van der Waals surface area contributed by atoms with Gasteiger partial charge in [-0.3, -0.25) is 14.2 Å². The third-order valence-corrected chi connectivity index (χ3v) is 8.09. The maximum atomic E-state index is 13.0. The minimum Gasteiger partial charge on any atom is -0.507 e. The highest BCUT2D eigenvalue weighted by Gasteiger charge is 2.47. The van der Waals surface area contributed by atoms with Gasteiger partial charge in [-0.15, -0.1) is 0 Å². The number of aromatic nitrogens is 4. The predicted octanol–water partition coefficient (Wildman–Crippen LogP) is 4.16. The number of nitrogens with one attached hydrogen (secondary N) is 1. The van der Waals surface area contributed by atoms with Gasteiger partial charge in [-0.25, -0.2) is 15.0 Å². The van der Waals surface area contributed by atoms with Gasteiger partial charge in [-0.1, -0.05) is 52.0 Å². The Bertz CT molecular complexity index is 1680. The number of anilines is 1. The van der Waals surface area contributed by atoms with Gasteiger partial charge in [0.1, 0.15) is 30.4 Å².